The summed E-state index contributed by atoms with van der Waals surface area (Å²) < 4.78 is 20.4. The molecule has 2 aromatic carbocycles. The number of benzene rings is 2. The van der Waals surface area contributed by atoms with Crippen LogP contribution in [-0.4, -0.2) is 46.0 Å². The molecule has 0 atom stereocenters. The zero-order valence-electron chi connectivity index (χ0n) is 18.4. The lowest BCUT2D eigenvalue weighted by atomic mass is 10.2. The molecule has 4 aromatic rings. The van der Waals surface area contributed by atoms with E-state index >= 15 is 0 Å². The summed E-state index contributed by atoms with van der Waals surface area (Å²) >= 11 is 3.52. The number of fused-ring (bicyclic) bond motifs is 1. The van der Waals surface area contributed by atoms with Crippen molar-refractivity contribution >= 4 is 67.6 Å². The normalized spacial score (nSPS) is 11.5. The summed E-state index contributed by atoms with van der Waals surface area (Å²) in [7, 11) is 1.26. The molecule has 2 aromatic heterocycles. The molecule has 0 aliphatic rings. The van der Waals surface area contributed by atoms with Crippen LogP contribution in [0.15, 0.2) is 58.9 Å². The Morgan fingerprint density at radius 1 is 1.17 bits per heavy atom. The van der Waals surface area contributed by atoms with Gasteiger partial charge in [-0.1, -0.05) is 41.7 Å². The van der Waals surface area contributed by atoms with Gasteiger partial charge in [-0.05, 0) is 18.2 Å². The van der Waals surface area contributed by atoms with Crippen LogP contribution < -0.4 is 10.1 Å². The van der Waals surface area contributed by atoms with Crippen LogP contribution in [0.1, 0.15) is 0 Å². The number of halogens is 1. The lowest BCUT2D eigenvalue weighted by Crippen LogP contribution is -2.23. The Bertz CT molecular complexity index is 1450. The Morgan fingerprint density at radius 2 is 1.97 bits per heavy atom. The minimum Gasteiger partial charge on any atom is -0.468 e. The summed E-state index contributed by atoms with van der Waals surface area (Å²) in [6, 6.07) is 13.7. The summed E-state index contributed by atoms with van der Waals surface area (Å²) in [5.41, 5.74) is 2.30. The summed E-state index contributed by atoms with van der Waals surface area (Å²) in [5.74, 6) is -1.71. The SMILES string of the molecule is COC(=O)Cn1c(=NC(=O)CSCC(=O)Nc2nc(-c3ccccc3)cs2)sc2cc(F)ccc21. The Balaban J connectivity index is 1.37. The second kappa shape index (κ2) is 11.4. The number of hydrogen-bond donors (Lipinski definition) is 1. The van der Waals surface area contributed by atoms with Crippen molar-refractivity contribution in [2.45, 2.75) is 6.54 Å². The molecule has 4 rings (SSSR count). The van der Waals surface area contributed by atoms with Gasteiger partial charge in [0.15, 0.2) is 9.93 Å². The van der Waals surface area contributed by atoms with E-state index in [0.717, 1.165) is 34.4 Å². The minimum absolute atomic E-state index is 0.0403. The average molecular weight is 531 g/mol. The predicted octanol–water partition coefficient (Wildman–Crippen LogP) is 3.94. The largest absolute Gasteiger partial charge is 0.468 e. The summed E-state index contributed by atoms with van der Waals surface area (Å²) in [6.07, 6.45) is 0. The molecule has 0 saturated heterocycles. The van der Waals surface area contributed by atoms with Crippen LogP contribution in [0.5, 0.6) is 0 Å². The van der Waals surface area contributed by atoms with Crippen LogP contribution >= 0.6 is 34.4 Å². The number of carbonyl (C=O) groups is 3. The monoisotopic (exact) mass is 530 g/mol. The lowest BCUT2D eigenvalue weighted by molar-refractivity contribution is -0.141. The maximum absolute atomic E-state index is 13.6. The minimum atomic E-state index is -0.522. The van der Waals surface area contributed by atoms with E-state index in [9.17, 15) is 18.8 Å². The van der Waals surface area contributed by atoms with Gasteiger partial charge in [-0.2, -0.15) is 4.99 Å². The molecule has 0 radical (unpaired) electrons. The van der Waals surface area contributed by atoms with Gasteiger partial charge >= 0.3 is 5.97 Å². The van der Waals surface area contributed by atoms with E-state index < -0.39 is 17.7 Å². The van der Waals surface area contributed by atoms with E-state index in [2.05, 4.69) is 15.3 Å². The quantitative estimate of drug-likeness (QED) is 0.346. The zero-order chi connectivity index (χ0) is 24.8. The van der Waals surface area contributed by atoms with Crippen molar-refractivity contribution in [1.29, 1.82) is 0 Å². The Morgan fingerprint density at radius 3 is 2.74 bits per heavy atom. The number of methoxy groups -OCH3 is 1. The molecule has 0 aliphatic carbocycles. The molecule has 0 spiro atoms. The maximum atomic E-state index is 13.6. The second-order valence-corrected chi connectivity index (χ2v) is 9.96. The van der Waals surface area contributed by atoms with Gasteiger partial charge in [-0.15, -0.1) is 23.1 Å². The number of amides is 2. The number of carbonyl (C=O) groups excluding carboxylic acids is 3. The van der Waals surface area contributed by atoms with Crippen molar-refractivity contribution in [3.8, 4) is 11.3 Å². The van der Waals surface area contributed by atoms with Crippen LogP contribution in [-0.2, 0) is 25.7 Å². The zero-order valence-corrected chi connectivity index (χ0v) is 20.8. The topological polar surface area (TPSA) is 103 Å². The number of hydrogen-bond acceptors (Lipinski definition) is 8. The average Bonchev–Trinajstić information content (AvgIpc) is 3.44. The van der Waals surface area contributed by atoms with E-state index in [1.807, 2.05) is 35.7 Å². The standard InChI is InChI=1S/C23H19FN4O4S3/c1-32-21(31)10-28-17-8-7-15(24)9-18(17)35-23(28)27-20(30)13-33-12-19(29)26-22-25-16(11-34-22)14-5-3-2-4-6-14/h2-9,11H,10,12-13H2,1H3,(H,25,26,29). The van der Waals surface area contributed by atoms with Crippen molar-refractivity contribution in [2.75, 3.05) is 23.9 Å². The fourth-order valence-corrected chi connectivity index (χ4v) is 5.48. The molecule has 2 amide bonds. The van der Waals surface area contributed by atoms with Gasteiger partial charge in [0.05, 0.1) is 34.5 Å². The Hall–Kier alpha value is -3.35. The van der Waals surface area contributed by atoms with Gasteiger partial charge < -0.3 is 14.6 Å². The highest BCUT2D eigenvalue weighted by molar-refractivity contribution is 8.00. The molecule has 180 valence electrons. The van der Waals surface area contributed by atoms with Crippen molar-refractivity contribution in [2.24, 2.45) is 4.99 Å². The van der Waals surface area contributed by atoms with Crippen LogP contribution in [0.3, 0.4) is 0 Å². The first-order valence-corrected chi connectivity index (χ1v) is 13.1. The van der Waals surface area contributed by atoms with Gasteiger partial charge in [-0.25, -0.2) is 9.37 Å². The molecular formula is C23H19FN4O4S3. The third-order valence-electron chi connectivity index (χ3n) is 4.66. The number of aromatic nitrogens is 2. The maximum Gasteiger partial charge on any atom is 0.325 e. The smallest absolute Gasteiger partial charge is 0.325 e. The van der Waals surface area contributed by atoms with Crippen molar-refractivity contribution in [1.82, 2.24) is 9.55 Å². The molecule has 8 nitrogen and oxygen atoms in total. The molecule has 0 unspecified atom stereocenters. The first kappa shape index (κ1) is 24.8. The molecule has 2 heterocycles. The lowest BCUT2D eigenvalue weighted by Gasteiger charge is -2.03. The highest BCUT2D eigenvalue weighted by atomic mass is 32.2. The summed E-state index contributed by atoms with van der Waals surface area (Å²) in [5, 5.41) is 5.07. The van der Waals surface area contributed by atoms with Crippen LogP contribution in [0.25, 0.3) is 21.5 Å². The predicted molar refractivity (Wildman–Crippen MR) is 136 cm³/mol. The second-order valence-electron chi connectivity index (χ2n) is 7.11. The number of ether oxygens (including phenoxy) is 1. The van der Waals surface area contributed by atoms with E-state index in [4.69, 9.17) is 4.74 Å². The molecule has 1 N–H and O–H groups in total. The number of thioether (sulfide) groups is 1. The first-order valence-electron chi connectivity index (χ1n) is 10.2. The van der Waals surface area contributed by atoms with Gasteiger partial charge in [0.1, 0.15) is 12.4 Å². The van der Waals surface area contributed by atoms with Crippen LogP contribution in [0.2, 0.25) is 0 Å². The Labute approximate surface area is 211 Å². The van der Waals surface area contributed by atoms with Crippen molar-refractivity contribution in [3.63, 3.8) is 0 Å². The molecular weight excluding hydrogens is 511 g/mol. The van der Waals surface area contributed by atoms with E-state index in [1.165, 1.54) is 41.2 Å². The molecule has 35 heavy (non-hydrogen) atoms. The number of esters is 1. The van der Waals surface area contributed by atoms with Gasteiger partial charge in [0.25, 0.3) is 5.91 Å². The van der Waals surface area contributed by atoms with Gasteiger partial charge in [-0.3, -0.25) is 14.4 Å². The van der Waals surface area contributed by atoms with Gasteiger partial charge in [0.2, 0.25) is 5.91 Å². The van der Waals surface area contributed by atoms with Crippen LogP contribution in [0.4, 0.5) is 9.52 Å². The molecule has 0 saturated carbocycles. The summed E-state index contributed by atoms with van der Waals surface area (Å²) in [4.78, 5) is 45.3. The van der Waals surface area contributed by atoms with E-state index in [0.29, 0.717) is 15.3 Å². The fraction of sp³-hybridized carbons (Fsp3) is 0.174. The van der Waals surface area contributed by atoms with Gasteiger partial charge in [0, 0.05) is 10.9 Å². The van der Waals surface area contributed by atoms with Crippen molar-refractivity contribution < 1.29 is 23.5 Å². The third-order valence-corrected chi connectivity index (χ3v) is 7.38. The molecule has 0 bridgehead atoms. The van der Waals surface area contributed by atoms with E-state index in [-0.39, 0.29) is 28.8 Å². The molecule has 0 fully saturated rings. The molecule has 0 aliphatic heterocycles. The van der Waals surface area contributed by atoms with Crippen molar-refractivity contribution in [3.05, 3.63) is 64.5 Å². The first-order chi connectivity index (χ1) is 16.9. The summed E-state index contributed by atoms with van der Waals surface area (Å²) in [6.45, 7) is -0.164. The van der Waals surface area contributed by atoms with Crippen LogP contribution in [0, 0.1) is 5.82 Å². The van der Waals surface area contributed by atoms with E-state index in [1.54, 1.807) is 0 Å². The number of nitrogens with one attached hydrogen (secondary N) is 1. The molecule has 12 heteroatoms. The third kappa shape index (κ3) is 6.41. The highest BCUT2D eigenvalue weighted by Crippen LogP contribution is 2.24. The number of anilines is 1. The highest BCUT2D eigenvalue weighted by Gasteiger charge is 2.13. The number of thiazole rings is 2. The number of rotatable bonds is 8. The Kier molecular flexibility index (Phi) is 8.06. The fourth-order valence-electron chi connectivity index (χ4n) is 3.08. The number of nitrogens with zero attached hydrogens (tertiary/aromatic N) is 3.